The molecule has 0 spiro atoms. The molecule has 0 aliphatic heterocycles. The van der Waals surface area contributed by atoms with Crippen molar-refractivity contribution in [3.05, 3.63) is 48.5 Å². The number of carbonyl (C=O) groups excluding carboxylic acids is 1. The zero-order valence-corrected chi connectivity index (χ0v) is 10.7. The number of imidazole rings is 1. The average molecular weight is 258 g/mol. The van der Waals surface area contributed by atoms with Crippen LogP contribution in [0.2, 0.25) is 0 Å². The van der Waals surface area contributed by atoms with E-state index in [2.05, 4.69) is 10.3 Å². The Bertz CT molecular complexity index is 522. The quantitative estimate of drug-likeness (QED) is 0.765. The Morgan fingerprint density at radius 3 is 3.05 bits per heavy atom. The highest BCUT2D eigenvalue weighted by Crippen LogP contribution is 2.08. The summed E-state index contributed by atoms with van der Waals surface area (Å²) in [5.41, 5.74) is 7.51. The van der Waals surface area contributed by atoms with Gasteiger partial charge in [0.2, 0.25) is 5.91 Å². The van der Waals surface area contributed by atoms with Crippen molar-refractivity contribution in [3.8, 4) is 0 Å². The van der Waals surface area contributed by atoms with Crippen LogP contribution in [0.1, 0.15) is 12.0 Å². The summed E-state index contributed by atoms with van der Waals surface area (Å²) >= 11 is 0. The maximum atomic E-state index is 11.7. The summed E-state index contributed by atoms with van der Waals surface area (Å²) in [5, 5.41) is 2.89. The van der Waals surface area contributed by atoms with Gasteiger partial charge in [0.05, 0.1) is 6.33 Å². The number of nitrogens with one attached hydrogen (secondary N) is 1. The van der Waals surface area contributed by atoms with Gasteiger partial charge in [-0.1, -0.05) is 12.1 Å². The molecule has 0 aliphatic carbocycles. The van der Waals surface area contributed by atoms with Gasteiger partial charge in [0.25, 0.3) is 0 Å². The molecule has 1 aromatic carbocycles. The van der Waals surface area contributed by atoms with Crippen LogP contribution in [0.4, 0.5) is 5.69 Å². The van der Waals surface area contributed by atoms with Crippen molar-refractivity contribution in [2.24, 2.45) is 0 Å². The highest BCUT2D eigenvalue weighted by atomic mass is 16.1. The van der Waals surface area contributed by atoms with Crippen molar-refractivity contribution in [1.82, 2.24) is 14.9 Å². The summed E-state index contributed by atoms with van der Waals surface area (Å²) in [6.45, 7) is 1.36. The molecule has 2 rings (SSSR count). The Balaban J connectivity index is 1.67. The number of aryl methyl sites for hydroxylation is 1. The van der Waals surface area contributed by atoms with Crippen LogP contribution >= 0.6 is 0 Å². The fraction of sp³-hybridized carbons (Fsp3) is 0.286. The maximum Gasteiger partial charge on any atom is 0.220 e. The second kappa shape index (κ2) is 6.58. The summed E-state index contributed by atoms with van der Waals surface area (Å²) in [5.74, 6) is 0.0579. The third-order valence-corrected chi connectivity index (χ3v) is 2.84. The molecule has 100 valence electrons. The Kier molecular flexibility index (Phi) is 4.55. The number of nitrogens with zero attached hydrogens (tertiary/aromatic N) is 2. The van der Waals surface area contributed by atoms with Gasteiger partial charge < -0.3 is 15.6 Å². The van der Waals surface area contributed by atoms with Crippen molar-refractivity contribution in [3.63, 3.8) is 0 Å². The topological polar surface area (TPSA) is 72.9 Å². The standard InChI is InChI=1S/C14H18N4O/c15-13-3-1-2-12(10-13)4-5-14(19)17-7-9-18-8-6-16-11-18/h1-3,6,8,10-11H,4-5,7,9,15H2,(H,17,19). The molecule has 3 N–H and O–H groups in total. The molecular weight excluding hydrogens is 240 g/mol. The summed E-state index contributed by atoms with van der Waals surface area (Å²) in [6, 6.07) is 7.63. The number of amides is 1. The van der Waals surface area contributed by atoms with E-state index in [-0.39, 0.29) is 5.91 Å². The van der Waals surface area contributed by atoms with Crippen LogP contribution < -0.4 is 11.1 Å². The predicted molar refractivity (Wildman–Crippen MR) is 74.4 cm³/mol. The first-order chi connectivity index (χ1) is 9.24. The minimum Gasteiger partial charge on any atom is -0.399 e. The predicted octanol–water partition coefficient (Wildman–Crippen LogP) is 1.21. The van der Waals surface area contributed by atoms with Gasteiger partial charge in [0.1, 0.15) is 0 Å². The molecule has 2 aromatic rings. The van der Waals surface area contributed by atoms with Crippen molar-refractivity contribution in [2.45, 2.75) is 19.4 Å². The number of rotatable bonds is 6. The number of hydrogen-bond donors (Lipinski definition) is 2. The van der Waals surface area contributed by atoms with E-state index in [4.69, 9.17) is 5.73 Å². The third-order valence-electron chi connectivity index (χ3n) is 2.84. The van der Waals surface area contributed by atoms with E-state index in [1.54, 1.807) is 12.5 Å². The van der Waals surface area contributed by atoms with Gasteiger partial charge >= 0.3 is 0 Å². The monoisotopic (exact) mass is 258 g/mol. The van der Waals surface area contributed by atoms with Crippen LogP contribution in [0.15, 0.2) is 43.0 Å². The second-order valence-corrected chi connectivity index (χ2v) is 4.40. The van der Waals surface area contributed by atoms with Gasteiger partial charge in [0.15, 0.2) is 0 Å². The van der Waals surface area contributed by atoms with Crippen molar-refractivity contribution >= 4 is 11.6 Å². The molecule has 0 saturated heterocycles. The molecule has 1 heterocycles. The highest BCUT2D eigenvalue weighted by molar-refractivity contribution is 5.76. The summed E-state index contributed by atoms with van der Waals surface area (Å²) in [6.07, 6.45) is 6.52. The molecule has 5 heteroatoms. The smallest absolute Gasteiger partial charge is 0.220 e. The van der Waals surface area contributed by atoms with Gasteiger partial charge in [-0.15, -0.1) is 0 Å². The third kappa shape index (κ3) is 4.46. The van der Waals surface area contributed by atoms with E-state index in [0.717, 1.165) is 17.8 Å². The lowest BCUT2D eigenvalue weighted by Crippen LogP contribution is -2.27. The fourth-order valence-electron chi connectivity index (χ4n) is 1.84. The lowest BCUT2D eigenvalue weighted by Gasteiger charge is -2.06. The number of nitrogen functional groups attached to an aromatic ring is 1. The lowest BCUT2D eigenvalue weighted by molar-refractivity contribution is -0.121. The molecule has 0 radical (unpaired) electrons. The Morgan fingerprint density at radius 1 is 1.42 bits per heavy atom. The molecule has 0 atom stereocenters. The van der Waals surface area contributed by atoms with Crippen LogP contribution in [0.25, 0.3) is 0 Å². The molecule has 0 aliphatic rings. The molecule has 0 saturated carbocycles. The van der Waals surface area contributed by atoms with Gasteiger partial charge in [-0.3, -0.25) is 4.79 Å². The van der Waals surface area contributed by atoms with E-state index >= 15 is 0 Å². The molecule has 19 heavy (non-hydrogen) atoms. The first-order valence-corrected chi connectivity index (χ1v) is 6.31. The molecule has 0 unspecified atom stereocenters. The van der Waals surface area contributed by atoms with Crippen LogP contribution in [-0.4, -0.2) is 22.0 Å². The first-order valence-electron chi connectivity index (χ1n) is 6.31. The van der Waals surface area contributed by atoms with Crippen molar-refractivity contribution in [2.75, 3.05) is 12.3 Å². The number of benzene rings is 1. The van der Waals surface area contributed by atoms with Crippen LogP contribution in [-0.2, 0) is 17.8 Å². The van der Waals surface area contributed by atoms with Crippen LogP contribution in [0, 0.1) is 0 Å². The fourth-order valence-corrected chi connectivity index (χ4v) is 1.84. The SMILES string of the molecule is Nc1cccc(CCC(=O)NCCn2ccnc2)c1. The van der Waals surface area contributed by atoms with E-state index in [1.165, 1.54) is 0 Å². The zero-order valence-electron chi connectivity index (χ0n) is 10.7. The Labute approximate surface area is 112 Å². The molecule has 0 fully saturated rings. The molecular formula is C14H18N4O. The molecule has 1 amide bonds. The minimum atomic E-state index is 0.0579. The Hall–Kier alpha value is -2.30. The number of anilines is 1. The van der Waals surface area contributed by atoms with Gasteiger partial charge in [0, 0.05) is 37.6 Å². The minimum absolute atomic E-state index is 0.0579. The van der Waals surface area contributed by atoms with Gasteiger partial charge in [-0.05, 0) is 24.1 Å². The van der Waals surface area contributed by atoms with Crippen LogP contribution in [0.5, 0.6) is 0 Å². The van der Waals surface area contributed by atoms with Gasteiger partial charge in [-0.25, -0.2) is 4.98 Å². The van der Waals surface area contributed by atoms with E-state index in [0.29, 0.717) is 19.4 Å². The largest absolute Gasteiger partial charge is 0.399 e. The van der Waals surface area contributed by atoms with Crippen LogP contribution in [0.3, 0.4) is 0 Å². The molecule has 0 bridgehead atoms. The number of nitrogens with two attached hydrogens (primary N) is 1. The normalized spacial score (nSPS) is 10.3. The first kappa shape index (κ1) is 13.1. The number of carbonyl (C=O) groups is 1. The highest BCUT2D eigenvalue weighted by Gasteiger charge is 2.02. The summed E-state index contributed by atoms with van der Waals surface area (Å²) in [7, 11) is 0. The average Bonchev–Trinajstić information content (AvgIpc) is 2.90. The number of hydrogen-bond acceptors (Lipinski definition) is 3. The second-order valence-electron chi connectivity index (χ2n) is 4.40. The number of aromatic nitrogens is 2. The molecule has 1 aromatic heterocycles. The van der Waals surface area contributed by atoms with E-state index in [9.17, 15) is 4.79 Å². The van der Waals surface area contributed by atoms with Crippen molar-refractivity contribution < 1.29 is 4.79 Å². The Morgan fingerprint density at radius 2 is 2.32 bits per heavy atom. The van der Waals surface area contributed by atoms with E-state index in [1.807, 2.05) is 35.0 Å². The van der Waals surface area contributed by atoms with E-state index < -0.39 is 0 Å². The summed E-state index contributed by atoms with van der Waals surface area (Å²) < 4.78 is 1.93. The van der Waals surface area contributed by atoms with Crippen molar-refractivity contribution in [1.29, 1.82) is 0 Å². The summed E-state index contributed by atoms with van der Waals surface area (Å²) in [4.78, 5) is 15.6. The zero-order chi connectivity index (χ0) is 13.5. The molecule has 5 nitrogen and oxygen atoms in total. The maximum absolute atomic E-state index is 11.7. The lowest BCUT2D eigenvalue weighted by atomic mass is 10.1. The van der Waals surface area contributed by atoms with Gasteiger partial charge in [-0.2, -0.15) is 0 Å².